The number of aromatic nitrogens is 6. The molecule has 3 heterocycles. The first-order valence-corrected chi connectivity index (χ1v) is 7.10. The number of aromatic amines is 1. The van der Waals surface area contributed by atoms with Crippen LogP contribution in [0.25, 0.3) is 16.9 Å². The number of hydrogen-bond acceptors (Lipinski definition) is 5. The Kier molecular flexibility index (Phi) is 3.32. The number of nitrogens with one attached hydrogen (secondary N) is 2. The lowest BCUT2D eigenvalue weighted by Crippen LogP contribution is -2.09. The fraction of sp³-hybridized carbons (Fsp3) is 0.429. The van der Waals surface area contributed by atoms with Crippen molar-refractivity contribution in [2.24, 2.45) is 0 Å². The van der Waals surface area contributed by atoms with Crippen LogP contribution in [0.3, 0.4) is 0 Å². The molecule has 0 aliphatic carbocycles. The summed E-state index contributed by atoms with van der Waals surface area (Å²) in [6.07, 6.45) is 2.75. The second-order valence-corrected chi connectivity index (χ2v) is 5.14. The molecule has 0 aliphatic heterocycles. The Morgan fingerprint density at radius 2 is 2.05 bits per heavy atom. The van der Waals surface area contributed by atoms with E-state index in [9.17, 15) is 0 Å². The molecule has 0 aromatic carbocycles. The number of nitrogens with zero attached hydrogens (tertiary/aromatic N) is 5. The van der Waals surface area contributed by atoms with Gasteiger partial charge in [-0.2, -0.15) is 20.2 Å². The first-order valence-electron chi connectivity index (χ1n) is 7.10. The van der Waals surface area contributed by atoms with Gasteiger partial charge in [-0.3, -0.25) is 5.10 Å². The van der Waals surface area contributed by atoms with Gasteiger partial charge in [0.2, 0.25) is 5.95 Å². The summed E-state index contributed by atoms with van der Waals surface area (Å²) in [6, 6.07) is 0. The van der Waals surface area contributed by atoms with Gasteiger partial charge in [-0.15, -0.1) is 0 Å². The molecule has 7 heteroatoms. The fourth-order valence-corrected chi connectivity index (χ4v) is 2.22. The summed E-state index contributed by atoms with van der Waals surface area (Å²) in [6.45, 7) is 9.05. The van der Waals surface area contributed by atoms with Crippen molar-refractivity contribution >= 4 is 17.0 Å². The van der Waals surface area contributed by atoms with Crippen molar-refractivity contribution in [2.75, 3.05) is 11.9 Å². The van der Waals surface area contributed by atoms with Crippen LogP contribution >= 0.6 is 0 Å². The van der Waals surface area contributed by atoms with E-state index in [1.165, 1.54) is 5.56 Å². The molecule has 0 amide bonds. The highest BCUT2D eigenvalue weighted by Gasteiger charge is 2.16. The van der Waals surface area contributed by atoms with Gasteiger partial charge >= 0.3 is 0 Å². The van der Waals surface area contributed by atoms with Crippen LogP contribution in [0, 0.1) is 20.8 Å². The third kappa shape index (κ3) is 2.24. The molecule has 3 rings (SSSR count). The molecule has 0 bridgehead atoms. The van der Waals surface area contributed by atoms with Crippen LogP contribution in [-0.2, 0) is 0 Å². The van der Waals surface area contributed by atoms with Gasteiger partial charge in [0, 0.05) is 12.2 Å². The molecule has 3 aromatic rings. The number of aryl methyl sites for hydroxylation is 1. The Balaban J connectivity index is 2.19. The van der Waals surface area contributed by atoms with E-state index >= 15 is 0 Å². The van der Waals surface area contributed by atoms with Gasteiger partial charge < -0.3 is 5.32 Å². The number of anilines is 1. The minimum atomic E-state index is 0.591. The maximum atomic E-state index is 4.61. The first kappa shape index (κ1) is 13.5. The molecule has 110 valence electrons. The fourth-order valence-electron chi connectivity index (χ4n) is 2.22. The first-order chi connectivity index (χ1) is 10.1. The molecule has 0 atom stereocenters. The van der Waals surface area contributed by atoms with Crippen molar-refractivity contribution in [1.29, 1.82) is 0 Å². The van der Waals surface area contributed by atoms with Crippen LogP contribution in [0.2, 0.25) is 0 Å². The zero-order valence-electron chi connectivity index (χ0n) is 12.7. The van der Waals surface area contributed by atoms with Gasteiger partial charge in [0.25, 0.3) is 0 Å². The second kappa shape index (κ2) is 5.16. The topological polar surface area (TPSA) is 84.3 Å². The molecule has 2 N–H and O–H groups in total. The van der Waals surface area contributed by atoms with Gasteiger partial charge in [-0.05, 0) is 32.8 Å². The van der Waals surface area contributed by atoms with Gasteiger partial charge in [0.15, 0.2) is 11.5 Å². The molecule has 7 nitrogen and oxygen atoms in total. The third-order valence-corrected chi connectivity index (χ3v) is 3.68. The van der Waals surface area contributed by atoms with E-state index in [2.05, 4.69) is 44.4 Å². The minimum Gasteiger partial charge on any atom is -0.354 e. The maximum absolute atomic E-state index is 4.61. The monoisotopic (exact) mass is 285 g/mol. The van der Waals surface area contributed by atoms with E-state index in [4.69, 9.17) is 0 Å². The van der Waals surface area contributed by atoms with Crippen molar-refractivity contribution in [1.82, 2.24) is 29.9 Å². The number of H-pyrrole nitrogens is 1. The lowest BCUT2D eigenvalue weighted by atomic mass is 10.2. The van der Waals surface area contributed by atoms with Crippen LogP contribution in [0.15, 0.2) is 6.20 Å². The van der Waals surface area contributed by atoms with Gasteiger partial charge in [0.05, 0.1) is 17.3 Å². The predicted molar refractivity (Wildman–Crippen MR) is 81.8 cm³/mol. The third-order valence-electron chi connectivity index (χ3n) is 3.68. The van der Waals surface area contributed by atoms with Crippen LogP contribution in [-0.4, -0.2) is 36.5 Å². The Morgan fingerprint density at radius 3 is 2.71 bits per heavy atom. The Bertz CT molecular complexity index is 784. The van der Waals surface area contributed by atoms with Gasteiger partial charge in [-0.25, -0.2) is 4.68 Å². The van der Waals surface area contributed by atoms with Crippen molar-refractivity contribution in [3.8, 4) is 5.82 Å². The molecular weight excluding hydrogens is 266 g/mol. The Labute approximate surface area is 122 Å². The summed E-state index contributed by atoms with van der Waals surface area (Å²) in [5.41, 5.74) is 3.97. The summed E-state index contributed by atoms with van der Waals surface area (Å²) < 4.78 is 1.86. The van der Waals surface area contributed by atoms with Crippen molar-refractivity contribution in [2.45, 2.75) is 34.1 Å². The molecular formula is C14H19N7. The maximum Gasteiger partial charge on any atom is 0.226 e. The van der Waals surface area contributed by atoms with Crippen LogP contribution in [0.4, 0.5) is 5.95 Å². The van der Waals surface area contributed by atoms with E-state index < -0.39 is 0 Å². The van der Waals surface area contributed by atoms with Crippen molar-refractivity contribution in [3.63, 3.8) is 0 Å². The highest BCUT2D eigenvalue weighted by atomic mass is 15.3. The van der Waals surface area contributed by atoms with Crippen molar-refractivity contribution < 1.29 is 0 Å². The summed E-state index contributed by atoms with van der Waals surface area (Å²) >= 11 is 0. The average Bonchev–Trinajstić information content (AvgIpc) is 3.04. The molecule has 0 saturated heterocycles. The van der Waals surface area contributed by atoms with Crippen LogP contribution in [0.5, 0.6) is 0 Å². The zero-order valence-corrected chi connectivity index (χ0v) is 12.7. The largest absolute Gasteiger partial charge is 0.354 e. The molecule has 3 aromatic heterocycles. The Hall–Kier alpha value is -2.44. The summed E-state index contributed by atoms with van der Waals surface area (Å²) in [5.74, 6) is 1.34. The van der Waals surface area contributed by atoms with Gasteiger partial charge in [-0.1, -0.05) is 6.92 Å². The van der Waals surface area contributed by atoms with Gasteiger partial charge in [0.1, 0.15) is 0 Å². The van der Waals surface area contributed by atoms with Crippen LogP contribution < -0.4 is 5.32 Å². The lowest BCUT2D eigenvalue weighted by Gasteiger charge is -2.08. The van der Waals surface area contributed by atoms with E-state index in [0.717, 1.165) is 35.6 Å². The Morgan fingerprint density at radius 1 is 1.24 bits per heavy atom. The molecule has 0 unspecified atom stereocenters. The molecule has 0 fully saturated rings. The smallest absolute Gasteiger partial charge is 0.226 e. The van der Waals surface area contributed by atoms with Crippen LogP contribution in [0.1, 0.15) is 30.3 Å². The summed E-state index contributed by atoms with van der Waals surface area (Å²) in [7, 11) is 0. The lowest BCUT2D eigenvalue weighted by molar-refractivity contribution is 0.808. The number of rotatable bonds is 4. The highest BCUT2D eigenvalue weighted by Crippen LogP contribution is 2.22. The van der Waals surface area contributed by atoms with Crippen molar-refractivity contribution in [3.05, 3.63) is 23.1 Å². The van der Waals surface area contributed by atoms with E-state index in [0.29, 0.717) is 11.6 Å². The molecule has 0 radical (unpaired) electrons. The predicted octanol–water partition coefficient (Wildman–Crippen LogP) is 2.29. The number of hydrogen-bond donors (Lipinski definition) is 2. The minimum absolute atomic E-state index is 0.591. The van der Waals surface area contributed by atoms with E-state index in [-0.39, 0.29) is 0 Å². The molecule has 0 aliphatic rings. The highest BCUT2D eigenvalue weighted by molar-refractivity contribution is 5.82. The standard InChI is InChI=1S/C14H19N7/c1-5-6-15-14-17-12-11(7-16-19-12)13(18-14)21-10(4)8(2)9(3)20-21/h7H,5-6H2,1-4H3,(H2,15,16,17,18,19). The molecule has 0 spiro atoms. The summed E-state index contributed by atoms with van der Waals surface area (Å²) in [4.78, 5) is 9.05. The SMILES string of the molecule is CCCNc1nc(-n2nc(C)c(C)c2C)c2cn[nH]c2n1. The van der Waals surface area contributed by atoms with E-state index in [1.807, 2.05) is 18.5 Å². The zero-order chi connectivity index (χ0) is 15.0. The normalized spacial score (nSPS) is 11.2. The summed E-state index contributed by atoms with van der Waals surface area (Å²) in [5, 5.41) is 15.6. The van der Waals surface area contributed by atoms with E-state index in [1.54, 1.807) is 6.20 Å². The molecule has 21 heavy (non-hydrogen) atoms. The second-order valence-electron chi connectivity index (χ2n) is 5.14. The number of fused-ring (bicyclic) bond motifs is 1. The molecule has 0 saturated carbocycles. The average molecular weight is 285 g/mol. The quantitative estimate of drug-likeness (QED) is 0.768.